The largest absolute Gasteiger partial charge is 0.374 e. The number of anilines is 1. The molecular weight excluding hydrogens is 633 g/mol. The van der Waals surface area contributed by atoms with E-state index in [2.05, 4.69) is 193 Å². The van der Waals surface area contributed by atoms with Crippen LogP contribution in [0.1, 0.15) is 45.6 Å². The van der Waals surface area contributed by atoms with Gasteiger partial charge in [0.15, 0.2) is 6.17 Å². The van der Waals surface area contributed by atoms with Crippen LogP contribution in [0.15, 0.2) is 192 Å². The fourth-order valence-corrected chi connectivity index (χ4v) is 7.63. The van der Waals surface area contributed by atoms with Gasteiger partial charge in [0.25, 0.3) is 0 Å². The van der Waals surface area contributed by atoms with Crippen molar-refractivity contribution in [2.75, 3.05) is 5.32 Å². The number of amidine groups is 2. The van der Waals surface area contributed by atoms with Crippen molar-refractivity contribution in [1.82, 2.24) is 5.32 Å². The highest BCUT2D eigenvalue weighted by molar-refractivity contribution is 6.18. The molecule has 0 radical (unpaired) electrons. The standard InChI is InChI=1S/C48H34N4/c1-3-13-33(14-4-1)42-30-44(35-15-5-2-6-16-35)49-43-26-25-34-21-24-40(29-41(34)45(42)43)48-51-46(38-22-19-31-11-7-9-17-36(31)27-38)50-47(52-48)39-23-20-32-12-8-10-18-37(32)28-39/h1-30,44,46,49H,(H,50,51,52). The van der Waals surface area contributed by atoms with Gasteiger partial charge in [0, 0.05) is 22.4 Å². The van der Waals surface area contributed by atoms with E-state index in [1.54, 1.807) is 0 Å². The molecule has 0 spiro atoms. The molecule has 0 aliphatic carbocycles. The summed E-state index contributed by atoms with van der Waals surface area (Å²) in [6, 6.07) is 62.5. The zero-order chi connectivity index (χ0) is 34.4. The molecule has 2 N–H and O–H groups in total. The minimum Gasteiger partial charge on any atom is -0.374 e. The Morgan fingerprint density at radius 2 is 1.00 bits per heavy atom. The van der Waals surface area contributed by atoms with Gasteiger partial charge in [-0.15, -0.1) is 0 Å². The molecule has 8 aromatic carbocycles. The molecule has 0 aromatic heterocycles. The zero-order valence-corrected chi connectivity index (χ0v) is 28.4. The highest BCUT2D eigenvalue weighted by atomic mass is 15.2. The van der Waals surface area contributed by atoms with E-state index in [0.717, 1.165) is 34.0 Å². The van der Waals surface area contributed by atoms with E-state index < -0.39 is 6.17 Å². The summed E-state index contributed by atoms with van der Waals surface area (Å²) in [6.45, 7) is 0. The predicted molar refractivity (Wildman–Crippen MR) is 217 cm³/mol. The first-order chi connectivity index (χ1) is 25.7. The lowest BCUT2D eigenvalue weighted by atomic mass is 9.86. The van der Waals surface area contributed by atoms with Crippen molar-refractivity contribution in [3.8, 4) is 0 Å². The summed E-state index contributed by atoms with van der Waals surface area (Å²) in [5, 5.41) is 14.6. The van der Waals surface area contributed by atoms with Gasteiger partial charge in [-0.1, -0.05) is 152 Å². The van der Waals surface area contributed by atoms with E-state index in [1.807, 2.05) is 0 Å². The number of hydrogen-bond donors (Lipinski definition) is 2. The third kappa shape index (κ3) is 5.42. The fourth-order valence-electron chi connectivity index (χ4n) is 7.63. The van der Waals surface area contributed by atoms with Gasteiger partial charge in [0.2, 0.25) is 0 Å². The van der Waals surface area contributed by atoms with Crippen LogP contribution in [0.5, 0.6) is 0 Å². The molecule has 8 aromatic rings. The lowest BCUT2D eigenvalue weighted by Crippen LogP contribution is -2.36. The topological polar surface area (TPSA) is 48.8 Å². The predicted octanol–water partition coefficient (Wildman–Crippen LogP) is 11.2. The van der Waals surface area contributed by atoms with E-state index in [1.165, 1.54) is 54.6 Å². The third-order valence-electron chi connectivity index (χ3n) is 10.3. The lowest BCUT2D eigenvalue weighted by molar-refractivity contribution is 0.757. The van der Waals surface area contributed by atoms with Crippen LogP contribution in [0, 0.1) is 0 Å². The first kappa shape index (κ1) is 30.1. The molecule has 0 fully saturated rings. The first-order valence-electron chi connectivity index (χ1n) is 17.8. The Balaban J connectivity index is 1.12. The Labute approximate surface area is 302 Å². The highest BCUT2D eigenvalue weighted by Gasteiger charge is 2.25. The minimum atomic E-state index is -0.407. The summed E-state index contributed by atoms with van der Waals surface area (Å²) >= 11 is 0. The van der Waals surface area contributed by atoms with Gasteiger partial charge in [-0.3, -0.25) is 0 Å². The number of nitrogens with zero attached hydrogens (tertiary/aromatic N) is 2. The highest BCUT2D eigenvalue weighted by Crippen LogP contribution is 2.43. The smallest absolute Gasteiger partial charge is 0.169 e. The molecule has 0 saturated carbocycles. The van der Waals surface area contributed by atoms with Crippen molar-refractivity contribution < 1.29 is 0 Å². The van der Waals surface area contributed by atoms with Crippen molar-refractivity contribution in [3.05, 3.63) is 215 Å². The molecule has 0 bridgehead atoms. The maximum Gasteiger partial charge on any atom is 0.169 e. The summed E-state index contributed by atoms with van der Waals surface area (Å²) in [5.41, 5.74) is 9.06. The van der Waals surface area contributed by atoms with Crippen LogP contribution < -0.4 is 10.6 Å². The molecule has 2 unspecified atom stereocenters. The van der Waals surface area contributed by atoms with Gasteiger partial charge < -0.3 is 10.6 Å². The Morgan fingerprint density at radius 1 is 0.423 bits per heavy atom. The van der Waals surface area contributed by atoms with Crippen molar-refractivity contribution in [2.45, 2.75) is 12.2 Å². The van der Waals surface area contributed by atoms with Crippen LogP contribution in [-0.4, -0.2) is 11.7 Å². The SMILES string of the molecule is C1=C(c2ccccc2)c2c(ccc3ccc(C4=NC(c5ccc6ccccc6c5)N=C(c5ccc6ccccc6c5)N4)cc23)NC1c1ccccc1. The van der Waals surface area contributed by atoms with E-state index in [4.69, 9.17) is 9.98 Å². The summed E-state index contributed by atoms with van der Waals surface area (Å²) in [6.07, 6.45) is 1.96. The maximum atomic E-state index is 5.30. The second kappa shape index (κ2) is 12.5. The average Bonchev–Trinajstić information content (AvgIpc) is 3.23. The molecule has 10 rings (SSSR count). The van der Waals surface area contributed by atoms with Crippen LogP contribution in [0.4, 0.5) is 5.69 Å². The van der Waals surface area contributed by atoms with Crippen LogP contribution in [0.3, 0.4) is 0 Å². The fraction of sp³-hybridized carbons (Fsp3) is 0.0417. The van der Waals surface area contributed by atoms with Crippen LogP contribution in [-0.2, 0) is 0 Å². The number of aliphatic imine (C=N–C) groups is 2. The van der Waals surface area contributed by atoms with Crippen LogP contribution in [0.25, 0.3) is 37.9 Å². The van der Waals surface area contributed by atoms with Crippen molar-refractivity contribution in [1.29, 1.82) is 0 Å². The molecule has 4 nitrogen and oxygen atoms in total. The van der Waals surface area contributed by atoms with E-state index >= 15 is 0 Å². The number of nitrogens with one attached hydrogen (secondary N) is 2. The van der Waals surface area contributed by atoms with Crippen LogP contribution in [0.2, 0.25) is 0 Å². The molecule has 0 amide bonds. The second-order valence-electron chi connectivity index (χ2n) is 13.5. The first-order valence-corrected chi connectivity index (χ1v) is 17.8. The average molecular weight is 667 g/mol. The summed E-state index contributed by atoms with van der Waals surface area (Å²) in [4.78, 5) is 10.5. The van der Waals surface area contributed by atoms with E-state index in [9.17, 15) is 0 Å². The maximum absolute atomic E-state index is 5.30. The Hall–Kier alpha value is -6.78. The minimum absolute atomic E-state index is 0.0531. The molecule has 2 aliphatic heterocycles. The molecule has 246 valence electrons. The van der Waals surface area contributed by atoms with Gasteiger partial charge >= 0.3 is 0 Å². The Bertz CT molecular complexity index is 2740. The third-order valence-corrected chi connectivity index (χ3v) is 10.3. The van der Waals surface area contributed by atoms with Gasteiger partial charge in [-0.25, -0.2) is 9.98 Å². The monoisotopic (exact) mass is 666 g/mol. The molecule has 0 saturated heterocycles. The van der Waals surface area contributed by atoms with Gasteiger partial charge in [-0.2, -0.15) is 0 Å². The summed E-state index contributed by atoms with van der Waals surface area (Å²) in [5.74, 6) is 1.60. The number of fused-ring (bicyclic) bond motifs is 5. The summed E-state index contributed by atoms with van der Waals surface area (Å²) < 4.78 is 0. The number of rotatable bonds is 5. The quantitative estimate of drug-likeness (QED) is 0.192. The number of benzene rings is 8. The van der Waals surface area contributed by atoms with Gasteiger partial charge in [0.05, 0.1) is 6.04 Å². The van der Waals surface area contributed by atoms with E-state index in [0.29, 0.717) is 0 Å². The molecule has 2 atom stereocenters. The van der Waals surface area contributed by atoms with E-state index in [-0.39, 0.29) is 6.04 Å². The van der Waals surface area contributed by atoms with Gasteiger partial charge in [0.1, 0.15) is 11.7 Å². The zero-order valence-electron chi connectivity index (χ0n) is 28.4. The normalized spacial score (nSPS) is 16.7. The van der Waals surface area contributed by atoms with Crippen molar-refractivity contribution >= 4 is 55.2 Å². The molecule has 52 heavy (non-hydrogen) atoms. The molecule has 2 heterocycles. The lowest BCUT2D eigenvalue weighted by Gasteiger charge is -2.29. The van der Waals surface area contributed by atoms with Crippen molar-refractivity contribution in [3.63, 3.8) is 0 Å². The molecule has 2 aliphatic rings. The molecule has 4 heteroatoms. The summed E-state index contributed by atoms with van der Waals surface area (Å²) in [7, 11) is 0. The van der Waals surface area contributed by atoms with Crippen LogP contribution >= 0.6 is 0 Å². The Morgan fingerprint density at radius 3 is 1.73 bits per heavy atom. The van der Waals surface area contributed by atoms with Crippen molar-refractivity contribution in [2.24, 2.45) is 9.98 Å². The van der Waals surface area contributed by atoms with Gasteiger partial charge in [-0.05, 0) is 84.9 Å². The molecular formula is C48H34N4. The second-order valence-corrected chi connectivity index (χ2v) is 13.5. The Kier molecular flexibility index (Phi) is 7.24. The number of hydrogen-bond acceptors (Lipinski definition) is 4.